The molecule has 1 fully saturated rings. The predicted octanol–water partition coefficient (Wildman–Crippen LogP) is 2.63. The number of ketones is 1. The molecule has 1 aliphatic rings. The number of Topliss-reactive ketones (excluding diaryl/α,β-unsaturated/α-hetero) is 1. The Morgan fingerprint density at radius 2 is 1.81 bits per heavy atom. The van der Waals surface area contributed by atoms with Crippen LogP contribution in [0, 0.1) is 6.92 Å². The van der Waals surface area contributed by atoms with Gasteiger partial charge in [0.05, 0.1) is 18.2 Å². The van der Waals surface area contributed by atoms with Crippen LogP contribution < -0.4 is 15.2 Å². The Morgan fingerprint density at radius 3 is 2.39 bits per heavy atom. The lowest BCUT2D eigenvalue weighted by Gasteiger charge is -2.26. The van der Waals surface area contributed by atoms with Crippen LogP contribution in [0.3, 0.4) is 0 Å². The molecule has 0 saturated carbocycles. The highest BCUT2D eigenvalue weighted by atomic mass is 16.5. The number of hydrogen-bond donors (Lipinski definition) is 2. The summed E-state index contributed by atoms with van der Waals surface area (Å²) in [5.41, 5.74) is 7.01. The van der Waals surface area contributed by atoms with Crippen molar-refractivity contribution in [2.24, 2.45) is 5.73 Å². The molecule has 0 radical (unpaired) electrons. The highest BCUT2D eigenvalue weighted by Gasteiger charge is 2.45. The van der Waals surface area contributed by atoms with Crippen LogP contribution in [0.1, 0.15) is 36.1 Å². The third kappa shape index (κ3) is 6.04. The zero-order chi connectivity index (χ0) is 26.4. The summed E-state index contributed by atoms with van der Waals surface area (Å²) in [4.78, 5) is 40.6. The summed E-state index contributed by atoms with van der Waals surface area (Å²) >= 11 is 0. The molecule has 1 aliphatic heterocycles. The molecule has 2 amide bonds. The van der Waals surface area contributed by atoms with Crippen LogP contribution in [0.4, 0.5) is 0 Å². The summed E-state index contributed by atoms with van der Waals surface area (Å²) in [5.74, 6) is -1.14. The predicted molar refractivity (Wildman–Crippen MR) is 136 cm³/mol. The lowest BCUT2D eigenvalue weighted by atomic mass is 9.94. The molecule has 1 atom stereocenters. The van der Waals surface area contributed by atoms with Gasteiger partial charge in [0, 0.05) is 18.7 Å². The number of nitrogens with two attached hydrogens (primary N) is 1. The minimum Gasteiger partial charge on any atom is -0.507 e. The smallest absolute Gasteiger partial charge is 0.295 e. The maximum absolute atomic E-state index is 13.2. The molecule has 36 heavy (non-hydrogen) atoms. The zero-order valence-corrected chi connectivity index (χ0v) is 21.1. The Kier molecular flexibility index (Phi) is 8.71. The van der Waals surface area contributed by atoms with Crippen molar-refractivity contribution in [2.45, 2.75) is 26.3 Å². The second-order valence-electron chi connectivity index (χ2n) is 8.95. The van der Waals surface area contributed by atoms with Gasteiger partial charge in [-0.15, -0.1) is 0 Å². The Hall–Kier alpha value is -3.85. The van der Waals surface area contributed by atoms with E-state index in [2.05, 4.69) is 0 Å². The fraction of sp³-hybridized carbons (Fsp3) is 0.370. The molecule has 3 rings (SSSR count). The third-order valence-electron chi connectivity index (χ3n) is 5.82. The number of likely N-dealkylation sites (N-methyl/N-ethyl adjacent to an activating group) is 1. The van der Waals surface area contributed by atoms with Crippen molar-refractivity contribution in [2.75, 3.05) is 40.4 Å². The highest BCUT2D eigenvalue weighted by Crippen LogP contribution is 2.40. The number of nitrogens with zero attached hydrogens (tertiary/aromatic N) is 2. The summed E-state index contributed by atoms with van der Waals surface area (Å²) in [7, 11) is 3.75. The molecule has 1 saturated heterocycles. The van der Waals surface area contributed by atoms with E-state index >= 15 is 0 Å². The number of rotatable bonds is 11. The van der Waals surface area contributed by atoms with Crippen LogP contribution in [0.15, 0.2) is 48.0 Å². The fourth-order valence-corrected chi connectivity index (χ4v) is 3.99. The Balaban J connectivity index is 2.04. The van der Waals surface area contributed by atoms with Crippen LogP contribution in [0.2, 0.25) is 0 Å². The molecule has 2 aromatic carbocycles. The van der Waals surface area contributed by atoms with E-state index in [0.717, 1.165) is 12.0 Å². The van der Waals surface area contributed by atoms with Crippen LogP contribution in [-0.2, 0) is 14.4 Å². The molecule has 1 unspecified atom stereocenters. The van der Waals surface area contributed by atoms with E-state index in [1.807, 2.05) is 32.8 Å². The summed E-state index contributed by atoms with van der Waals surface area (Å²) in [6, 6.07) is 11.1. The number of carbonyl (C=O) groups is 3. The lowest BCUT2D eigenvalue weighted by Crippen LogP contribution is -2.35. The van der Waals surface area contributed by atoms with Crippen LogP contribution in [0.25, 0.3) is 5.76 Å². The number of aliphatic hydroxyl groups is 1. The first-order valence-electron chi connectivity index (χ1n) is 11.8. The van der Waals surface area contributed by atoms with Gasteiger partial charge in [-0.25, -0.2) is 0 Å². The number of aliphatic hydroxyl groups excluding tert-OH is 1. The highest BCUT2D eigenvalue weighted by molar-refractivity contribution is 6.46. The Morgan fingerprint density at radius 1 is 1.11 bits per heavy atom. The van der Waals surface area contributed by atoms with Crippen LogP contribution in [-0.4, -0.2) is 72.9 Å². The van der Waals surface area contributed by atoms with Crippen molar-refractivity contribution < 1.29 is 29.0 Å². The molecule has 9 nitrogen and oxygen atoms in total. The standard InChI is InChI=1S/C27H33N3O6/c1-5-14-35-21-11-8-19(15-17(21)2)25(32)23-24(30(13-12-29(3)4)27(34)26(23)33)18-6-9-20(10-7-18)36-16-22(28)31/h6-11,15,24,32H,5,12-14,16H2,1-4H3,(H2,28,31). The molecular weight excluding hydrogens is 462 g/mol. The molecule has 3 N–H and O–H groups in total. The molecule has 0 spiro atoms. The number of benzene rings is 2. The number of aryl methyl sites for hydroxylation is 1. The summed E-state index contributed by atoms with van der Waals surface area (Å²) in [6.45, 7) is 5.01. The van der Waals surface area contributed by atoms with E-state index in [-0.39, 0.29) is 17.9 Å². The van der Waals surface area contributed by atoms with Gasteiger partial charge in [0.2, 0.25) is 0 Å². The van der Waals surface area contributed by atoms with E-state index in [4.69, 9.17) is 15.2 Å². The molecule has 9 heteroatoms. The minimum atomic E-state index is -0.786. The Labute approximate surface area is 211 Å². The summed E-state index contributed by atoms with van der Waals surface area (Å²) < 4.78 is 11.0. The summed E-state index contributed by atoms with van der Waals surface area (Å²) in [5, 5.41) is 11.3. The lowest BCUT2D eigenvalue weighted by molar-refractivity contribution is -0.140. The van der Waals surface area contributed by atoms with E-state index in [0.29, 0.717) is 42.3 Å². The average molecular weight is 496 g/mol. The van der Waals surface area contributed by atoms with Gasteiger partial charge in [-0.05, 0) is 68.9 Å². The second-order valence-corrected chi connectivity index (χ2v) is 8.95. The maximum Gasteiger partial charge on any atom is 0.295 e. The van der Waals surface area contributed by atoms with E-state index in [1.165, 1.54) is 4.90 Å². The number of likely N-dealkylation sites (tertiary alicyclic amines) is 1. The van der Waals surface area contributed by atoms with Crippen molar-refractivity contribution in [3.05, 3.63) is 64.7 Å². The number of ether oxygens (including phenoxy) is 2. The topological polar surface area (TPSA) is 122 Å². The van der Waals surface area contributed by atoms with Gasteiger partial charge in [0.25, 0.3) is 17.6 Å². The molecule has 0 aliphatic carbocycles. The van der Waals surface area contributed by atoms with Crippen molar-refractivity contribution in [3.8, 4) is 11.5 Å². The monoisotopic (exact) mass is 495 g/mol. The molecule has 0 aromatic heterocycles. The first-order chi connectivity index (χ1) is 17.1. The number of amides is 2. The van der Waals surface area contributed by atoms with Crippen molar-refractivity contribution in [3.63, 3.8) is 0 Å². The molecule has 0 bridgehead atoms. The van der Waals surface area contributed by atoms with Gasteiger partial charge in [-0.2, -0.15) is 0 Å². The molecule has 1 heterocycles. The Bertz CT molecular complexity index is 1160. The van der Waals surface area contributed by atoms with Gasteiger partial charge in [0.15, 0.2) is 6.61 Å². The molecule has 2 aromatic rings. The average Bonchev–Trinajstić information content (AvgIpc) is 3.10. The van der Waals surface area contributed by atoms with Crippen LogP contribution >= 0.6 is 0 Å². The minimum absolute atomic E-state index is 0.0196. The second kappa shape index (κ2) is 11.7. The number of hydrogen-bond acceptors (Lipinski definition) is 7. The molecule has 192 valence electrons. The van der Waals surface area contributed by atoms with E-state index < -0.39 is 23.6 Å². The quantitative estimate of drug-likeness (QED) is 0.279. The largest absolute Gasteiger partial charge is 0.507 e. The number of primary amides is 1. The van der Waals surface area contributed by atoms with Gasteiger partial charge in [-0.3, -0.25) is 14.4 Å². The van der Waals surface area contributed by atoms with Gasteiger partial charge in [0.1, 0.15) is 17.3 Å². The first kappa shape index (κ1) is 26.7. The van der Waals surface area contributed by atoms with Gasteiger partial charge < -0.3 is 30.1 Å². The number of carbonyl (C=O) groups excluding carboxylic acids is 3. The van der Waals surface area contributed by atoms with Gasteiger partial charge in [-0.1, -0.05) is 19.1 Å². The zero-order valence-electron chi connectivity index (χ0n) is 21.1. The van der Waals surface area contributed by atoms with Crippen molar-refractivity contribution >= 4 is 23.4 Å². The third-order valence-corrected chi connectivity index (χ3v) is 5.82. The van der Waals surface area contributed by atoms with Crippen molar-refractivity contribution in [1.29, 1.82) is 0 Å². The normalized spacial score (nSPS) is 17.0. The van der Waals surface area contributed by atoms with Gasteiger partial charge >= 0.3 is 0 Å². The SMILES string of the molecule is CCCOc1ccc(C(O)=C2C(=O)C(=O)N(CCN(C)C)C2c2ccc(OCC(N)=O)cc2)cc1C. The summed E-state index contributed by atoms with van der Waals surface area (Å²) in [6.07, 6.45) is 0.865. The van der Waals surface area contributed by atoms with E-state index in [1.54, 1.807) is 42.5 Å². The fourth-order valence-electron chi connectivity index (χ4n) is 3.99. The van der Waals surface area contributed by atoms with Crippen LogP contribution in [0.5, 0.6) is 11.5 Å². The first-order valence-corrected chi connectivity index (χ1v) is 11.8. The van der Waals surface area contributed by atoms with E-state index in [9.17, 15) is 19.5 Å². The molecular formula is C27H33N3O6. The maximum atomic E-state index is 13.2. The van der Waals surface area contributed by atoms with Crippen molar-refractivity contribution in [1.82, 2.24) is 9.80 Å².